The van der Waals surface area contributed by atoms with E-state index in [4.69, 9.17) is 18.9 Å². The summed E-state index contributed by atoms with van der Waals surface area (Å²) >= 11 is 0. The monoisotopic (exact) mass is 315 g/mol. The fourth-order valence-corrected chi connectivity index (χ4v) is 2.54. The van der Waals surface area contributed by atoms with Gasteiger partial charge in [-0.1, -0.05) is 0 Å². The van der Waals surface area contributed by atoms with E-state index in [1.165, 1.54) is 0 Å². The number of hydrogen-bond donors (Lipinski definition) is 0. The van der Waals surface area contributed by atoms with Crippen molar-refractivity contribution in [2.75, 3.05) is 34.0 Å². The Hall–Kier alpha value is -2.27. The lowest BCUT2D eigenvalue weighted by Gasteiger charge is -2.13. The summed E-state index contributed by atoms with van der Waals surface area (Å²) in [5, 5.41) is 0. The first-order valence-electron chi connectivity index (χ1n) is 7.68. The van der Waals surface area contributed by atoms with E-state index in [9.17, 15) is 0 Å². The van der Waals surface area contributed by atoms with Crippen LogP contribution in [0.5, 0.6) is 17.4 Å². The van der Waals surface area contributed by atoms with E-state index in [0.29, 0.717) is 18.4 Å². The van der Waals surface area contributed by atoms with Crippen LogP contribution >= 0.6 is 0 Å². The van der Waals surface area contributed by atoms with Crippen molar-refractivity contribution in [3.8, 4) is 28.5 Å². The Morgan fingerprint density at radius 2 is 1.96 bits per heavy atom. The second-order valence-corrected chi connectivity index (χ2v) is 5.53. The lowest BCUT2D eigenvalue weighted by molar-refractivity contribution is 0.167. The third-order valence-electron chi connectivity index (χ3n) is 3.90. The van der Waals surface area contributed by atoms with E-state index in [1.54, 1.807) is 20.4 Å². The Morgan fingerprint density at radius 1 is 1.09 bits per heavy atom. The van der Waals surface area contributed by atoms with Gasteiger partial charge >= 0.3 is 0 Å². The normalized spacial score (nSPS) is 17.0. The average molecular weight is 315 g/mol. The maximum Gasteiger partial charge on any atom is 0.212 e. The van der Waals surface area contributed by atoms with Crippen LogP contribution in [0.2, 0.25) is 0 Å². The molecule has 1 aliphatic rings. The second kappa shape index (κ2) is 7.33. The van der Waals surface area contributed by atoms with Gasteiger partial charge in [-0.15, -0.1) is 0 Å². The van der Waals surface area contributed by atoms with Crippen molar-refractivity contribution in [2.24, 2.45) is 5.92 Å². The molecule has 2 heterocycles. The molecule has 0 aliphatic carbocycles. The molecule has 1 aromatic heterocycles. The number of rotatable bonds is 6. The highest BCUT2D eigenvalue weighted by molar-refractivity contribution is 5.66. The minimum Gasteiger partial charge on any atom is -0.497 e. The molecule has 0 spiro atoms. The van der Waals surface area contributed by atoms with Crippen molar-refractivity contribution in [3.63, 3.8) is 0 Å². The third kappa shape index (κ3) is 3.93. The quantitative estimate of drug-likeness (QED) is 0.819. The molecule has 5 heteroatoms. The molecule has 1 unspecified atom stereocenters. The van der Waals surface area contributed by atoms with E-state index in [1.807, 2.05) is 30.3 Å². The van der Waals surface area contributed by atoms with Gasteiger partial charge in [-0.05, 0) is 30.2 Å². The lowest BCUT2D eigenvalue weighted by Crippen LogP contribution is -2.11. The minimum atomic E-state index is 0.465. The largest absolute Gasteiger partial charge is 0.497 e. The number of hydrogen-bond acceptors (Lipinski definition) is 5. The predicted octanol–water partition coefficient (Wildman–Crippen LogP) is 3.18. The minimum absolute atomic E-state index is 0.465. The Balaban J connectivity index is 1.79. The van der Waals surface area contributed by atoms with Crippen LogP contribution in [0.15, 0.2) is 36.5 Å². The third-order valence-corrected chi connectivity index (χ3v) is 3.90. The molecule has 5 nitrogen and oxygen atoms in total. The molecule has 1 fully saturated rings. The van der Waals surface area contributed by atoms with E-state index < -0.39 is 0 Å². The molecule has 23 heavy (non-hydrogen) atoms. The first-order valence-corrected chi connectivity index (χ1v) is 7.68. The van der Waals surface area contributed by atoms with Gasteiger partial charge in [-0.25, -0.2) is 4.98 Å². The van der Waals surface area contributed by atoms with Crippen molar-refractivity contribution in [1.29, 1.82) is 0 Å². The van der Waals surface area contributed by atoms with Gasteiger partial charge in [0.25, 0.3) is 0 Å². The zero-order valence-electron chi connectivity index (χ0n) is 13.5. The molecule has 0 saturated carbocycles. The van der Waals surface area contributed by atoms with Gasteiger partial charge in [0.05, 0.1) is 27.4 Å². The standard InChI is InChI=1S/C18H21NO4/c1-20-16-7-15(14-3-4-18(21-2)19-10-14)8-17(9-16)23-12-13-5-6-22-11-13/h3-4,7-10,13H,5-6,11-12H2,1-2H3. The first kappa shape index (κ1) is 15.6. The SMILES string of the molecule is COc1cc(OCC2CCOC2)cc(-c2ccc(OC)nc2)c1. The number of pyridine rings is 1. The van der Waals surface area contributed by atoms with Gasteiger partial charge in [0.1, 0.15) is 11.5 Å². The summed E-state index contributed by atoms with van der Waals surface area (Å²) in [5.74, 6) is 2.61. The molecule has 2 aromatic rings. The van der Waals surface area contributed by atoms with Crippen molar-refractivity contribution < 1.29 is 18.9 Å². The van der Waals surface area contributed by atoms with Crippen molar-refractivity contribution in [2.45, 2.75) is 6.42 Å². The van der Waals surface area contributed by atoms with E-state index >= 15 is 0 Å². The Bertz CT molecular complexity index is 636. The van der Waals surface area contributed by atoms with Crippen molar-refractivity contribution in [3.05, 3.63) is 36.5 Å². The Morgan fingerprint density at radius 3 is 2.61 bits per heavy atom. The van der Waals surface area contributed by atoms with Gasteiger partial charge in [-0.2, -0.15) is 0 Å². The van der Waals surface area contributed by atoms with E-state index in [2.05, 4.69) is 4.98 Å². The summed E-state index contributed by atoms with van der Waals surface area (Å²) < 4.78 is 21.8. The van der Waals surface area contributed by atoms with Gasteiger partial charge in [0, 0.05) is 36.4 Å². The molecule has 1 aliphatic heterocycles. The number of ether oxygens (including phenoxy) is 4. The highest BCUT2D eigenvalue weighted by Gasteiger charge is 2.16. The van der Waals surface area contributed by atoms with Crippen LogP contribution in [-0.4, -0.2) is 39.0 Å². The fraction of sp³-hybridized carbons (Fsp3) is 0.389. The molecular formula is C18H21NO4. The molecule has 1 atom stereocenters. The molecule has 3 rings (SSSR count). The molecule has 0 bridgehead atoms. The summed E-state index contributed by atoms with van der Waals surface area (Å²) in [7, 11) is 3.26. The van der Waals surface area contributed by atoms with Gasteiger partial charge < -0.3 is 18.9 Å². The second-order valence-electron chi connectivity index (χ2n) is 5.53. The topological polar surface area (TPSA) is 49.8 Å². The maximum absolute atomic E-state index is 5.93. The summed E-state index contributed by atoms with van der Waals surface area (Å²) in [6.45, 7) is 2.27. The molecular weight excluding hydrogens is 294 g/mol. The van der Waals surface area contributed by atoms with E-state index in [0.717, 1.165) is 42.3 Å². The van der Waals surface area contributed by atoms with Crippen LogP contribution < -0.4 is 14.2 Å². The highest BCUT2D eigenvalue weighted by atomic mass is 16.5. The summed E-state index contributed by atoms with van der Waals surface area (Å²) in [6.07, 6.45) is 2.83. The maximum atomic E-state index is 5.93. The summed E-state index contributed by atoms with van der Waals surface area (Å²) in [4.78, 5) is 4.25. The zero-order chi connectivity index (χ0) is 16.1. The Kier molecular flexibility index (Phi) is 4.98. The van der Waals surface area contributed by atoms with Crippen LogP contribution in [0.4, 0.5) is 0 Å². The molecule has 0 radical (unpaired) electrons. The van der Waals surface area contributed by atoms with Crippen LogP contribution in [-0.2, 0) is 4.74 Å². The van der Waals surface area contributed by atoms with E-state index in [-0.39, 0.29) is 0 Å². The number of benzene rings is 1. The first-order chi connectivity index (χ1) is 11.3. The predicted molar refractivity (Wildman–Crippen MR) is 87.2 cm³/mol. The fourth-order valence-electron chi connectivity index (χ4n) is 2.54. The van der Waals surface area contributed by atoms with Crippen LogP contribution in [0, 0.1) is 5.92 Å². The summed E-state index contributed by atoms with van der Waals surface area (Å²) in [6, 6.07) is 9.67. The Labute approximate surface area is 136 Å². The van der Waals surface area contributed by atoms with Gasteiger partial charge in [0.2, 0.25) is 5.88 Å². The molecule has 0 N–H and O–H groups in total. The molecule has 0 amide bonds. The average Bonchev–Trinajstić information content (AvgIpc) is 3.13. The van der Waals surface area contributed by atoms with Gasteiger partial charge in [0.15, 0.2) is 0 Å². The smallest absolute Gasteiger partial charge is 0.212 e. The number of methoxy groups -OCH3 is 2. The number of nitrogens with zero attached hydrogens (tertiary/aromatic N) is 1. The van der Waals surface area contributed by atoms with Crippen LogP contribution in [0.25, 0.3) is 11.1 Å². The lowest BCUT2D eigenvalue weighted by atomic mass is 10.1. The zero-order valence-corrected chi connectivity index (χ0v) is 13.5. The van der Waals surface area contributed by atoms with Crippen molar-refractivity contribution >= 4 is 0 Å². The van der Waals surface area contributed by atoms with Crippen LogP contribution in [0.1, 0.15) is 6.42 Å². The van der Waals surface area contributed by atoms with Crippen LogP contribution in [0.3, 0.4) is 0 Å². The van der Waals surface area contributed by atoms with Gasteiger partial charge in [-0.3, -0.25) is 0 Å². The number of aromatic nitrogens is 1. The molecule has 1 saturated heterocycles. The van der Waals surface area contributed by atoms with Crippen molar-refractivity contribution in [1.82, 2.24) is 4.98 Å². The molecule has 1 aromatic carbocycles. The highest BCUT2D eigenvalue weighted by Crippen LogP contribution is 2.30. The molecule has 122 valence electrons. The summed E-state index contributed by atoms with van der Waals surface area (Å²) in [5.41, 5.74) is 1.98.